The molecule has 1 aromatic carbocycles. The minimum atomic E-state index is -5.67. The molecule has 6 fully saturated rings. The summed E-state index contributed by atoms with van der Waals surface area (Å²) in [6.07, 6.45) is -24.2. The molecule has 3 unspecified atom stereocenters. The highest BCUT2D eigenvalue weighted by atomic mass is 19.4. The van der Waals surface area contributed by atoms with E-state index >= 15 is 0 Å². The second kappa shape index (κ2) is 50.2. The SMILES string of the molecule is CCC(C)(C(=O)OCC(F)(F)F)C(F)(F)F.CCC(C)(C)C(=O)OC(C(F)(F)F)C(F)(F)F.CCC(C)(C)C(=O)OC(C)(C)C1CCC(C)CC1.CCC(C)(C)C(=O)OC12CC3CC(CC(C3)C1)C2.CCC(C)(C)C(=O)OC1CCC(C(C)(C)C)CC1.CCC(C)(C)C(=O)OCC(F)(F)F.CCC(C)C(=O)OC(C(F)(F)F)C(F)(F)F.CCC(C)c1ccc(C(C)(C)C)cc1. The summed E-state index contributed by atoms with van der Waals surface area (Å²) < 4.78 is 283. The van der Waals surface area contributed by atoms with Crippen LogP contribution < -0.4 is 0 Å². The Labute approximate surface area is 758 Å². The van der Waals surface area contributed by atoms with Gasteiger partial charge in [0.1, 0.15) is 17.3 Å². The first-order valence-electron chi connectivity index (χ1n) is 45.2. The van der Waals surface area contributed by atoms with Crippen LogP contribution in [0.1, 0.15) is 366 Å². The molecule has 0 amide bonds. The summed E-state index contributed by atoms with van der Waals surface area (Å²) in [6.45, 7) is 52.1. The Morgan fingerprint density at radius 1 is 0.392 bits per heavy atom. The van der Waals surface area contributed by atoms with Crippen LogP contribution in [0.25, 0.3) is 0 Å². The number of carbonyl (C=O) groups is 7. The number of ether oxygens (including phenoxy) is 7. The van der Waals surface area contributed by atoms with Gasteiger partial charge in [-0.3, -0.25) is 33.6 Å². The zero-order valence-corrected chi connectivity index (χ0v) is 82.3. The van der Waals surface area contributed by atoms with Crippen molar-refractivity contribution in [3.8, 4) is 0 Å². The lowest BCUT2D eigenvalue weighted by Crippen LogP contribution is -2.53. The second-order valence-electron chi connectivity index (χ2n) is 41.7. The highest BCUT2D eigenvalue weighted by Gasteiger charge is 2.63. The number of alkyl halides is 21. The molecular weight excluding hydrogens is 1760 g/mol. The van der Waals surface area contributed by atoms with Gasteiger partial charge in [-0.2, -0.15) is 92.2 Å². The summed E-state index contributed by atoms with van der Waals surface area (Å²) in [5.74, 6) is -1.48. The molecule has 1 aromatic rings. The molecule has 4 bridgehead atoms. The third-order valence-electron chi connectivity index (χ3n) is 26.1. The maximum Gasteiger partial charge on any atom is 0.434 e. The monoisotopic (exact) mass is 1920 g/mol. The predicted molar refractivity (Wildman–Crippen MR) is 456 cm³/mol. The number of hydrogen-bond donors (Lipinski definition) is 0. The van der Waals surface area contributed by atoms with Crippen LogP contribution in [0.5, 0.6) is 0 Å². The number of benzene rings is 1. The van der Waals surface area contributed by atoms with Gasteiger partial charge in [-0.15, -0.1) is 0 Å². The van der Waals surface area contributed by atoms with Crippen LogP contribution in [-0.2, 0) is 72.1 Å². The topological polar surface area (TPSA) is 184 Å². The second-order valence-corrected chi connectivity index (χ2v) is 41.7. The van der Waals surface area contributed by atoms with E-state index in [0.29, 0.717) is 30.6 Å². The Morgan fingerprint density at radius 3 is 1.05 bits per heavy atom. The first-order valence-corrected chi connectivity index (χ1v) is 45.2. The summed E-state index contributed by atoms with van der Waals surface area (Å²) in [4.78, 5) is 80.6. The predicted octanol–water partition coefficient (Wildman–Crippen LogP) is 29.7. The minimum Gasteiger partial charge on any atom is -0.462 e. The molecule has 6 aliphatic carbocycles. The van der Waals surface area contributed by atoms with Gasteiger partial charge in [-0.1, -0.05) is 155 Å². The molecule has 0 aromatic heterocycles. The first-order chi connectivity index (χ1) is 58.2. The largest absolute Gasteiger partial charge is 0.462 e. The van der Waals surface area contributed by atoms with Gasteiger partial charge in [-0.25, -0.2) is 0 Å². The quantitative estimate of drug-likeness (QED) is 0.0541. The molecule has 14 nitrogen and oxygen atoms in total. The van der Waals surface area contributed by atoms with Crippen molar-refractivity contribution < 1.29 is 159 Å². The normalized spacial score (nSPS) is 21.5. The van der Waals surface area contributed by atoms with Crippen molar-refractivity contribution >= 4 is 41.8 Å². The third kappa shape index (κ3) is 43.8. The minimum absolute atomic E-state index is 0.0239. The molecule has 6 saturated carbocycles. The van der Waals surface area contributed by atoms with Crippen LogP contribution in [0, 0.1) is 79.3 Å². The van der Waals surface area contributed by atoms with E-state index in [4.69, 9.17) is 14.2 Å². The smallest absolute Gasteiger partial charge is 0.434 e. The summed E-state index contributed by atoms with van der Waals surface area (Å²) in [5, 5.41) is 0. The van der Waals surface area contributed by atoms with E-state index in [1.807, 2.05) is 55.4 Å². The van der Waals surface area contributed by atoms with Crippen molar-refractivity contribution in [3.05, 3.63) is 35.4 Å². The Hall–Kier alpha value is -5.96. The number of rotatable bonds is 24. The summed E-state index contributed by atoms with van der Waals surface area (Å²) in [7, 11) is 0. The van der Waals surface area contributed by atoms with Gasteiger partial charge in [-0.05, 0) is 282 Å². The van der Waals surface area contributed by atoms with Crippen LogP contribution in [0.3, 0.4) is 0 Å². The van der Waals surface area contributed by atoms with Gasteiger partial charge < -0.3 is 33.2 Å². The van der Waals surface area contributed by atoms with Crippen molar-refractivity contribution in [2.24, 2.45) is 79.3 Å². The number of carbonyl (C=O) groups excluding carboxylic acids is 7. The summed E-state index contributed by atoms with van der Waals surface area (Å²) in [6, 6.07) is 9.08. The maximum absolute atomic E-state index is 12.4. The van der Waals surface area contributed by atoms with Gasteiger partial charge in [0.15, 0.2) is 18.6 Å². The average molecular weight is 1920 g/mol. The lowest BCUT2D eigenvalue weighted by Gasteiger charge is -2.56. The Balaban J connectivity index is 0. The Kier molecular flexibility index (Phi) is 48.7. The van der Waals surface area contributed by atoms with E-state index in [1.54, 1.807) is 20.8 Å². The van der Waals surface area contributed by atoms with Gasteiger partial charge in [0, 0.05) is 0 Å². The number of esters is 7. The van der Waals surface area contributed by atoms with E-state index in [1.165, 1.54) is 110 Å². The van der Waals surface area contributed by atoms with Crippen LogP contribution in [0.15, 0.2) is 24.3 Å². The van der Waals surface area contributed by atoms with Crippen molar-refractivity contribution in [2.45, 2.75) is 433 Å². The van der Waals surface area contributed by atoms with Crippen molar-refractivity contribution in [1.29, 1.82) is 0 Å². The first kappa shape index (κ1) is 126. The number of halogens is 21. The Morgan fingerprint density at radius 2 is 0.731 bits per heavy atom. The summed E-state index contributed by atoms with van der Waals surface area (Å²) >= 11 is 0. The molecular formula is C95H153F21O14. The highest BCUT2D eigenvalue weighted by molar-refractivity contribution is 5.79. The van der Waals surface area contributed by atoms with Crippen LogP contribution in [-0.4, -0.2) is 128 Å². The van der Waals surface area contributed by atoms with E-state index in [9.17, 15) is 126 Å². The van der Waals surface area contributed by atoms with Gasteiger partial charge in [0.2, 0.25) is 0 Å². The van der Waals surface area contributed by atoms with E-state index in [0.717, 1.165) is 87.9 Å². The molecule has 3 atom stereocenters. The fraction of sp³-hybridized carbons (Fsp3) is 0.863. The van der Waals surface area contributed by atoms with Gasteiger partial charge >= 0.3 is 85.0 Å². The molecule has 0 heterocycles. The molecule has 35 heteroatoms. The fourth-order valence-corrected chi connectivity index (χ4v) is 13.9. The third-order valence-corrected chi connectivity index (χ3v) is 26.1. The van der Waals surface area contributed by atoms with Crippen molar-refractivity contribution in [2.75, 3.05) is 13.2 Å². The molecule has 0 N–H and O–H groups in total. The number of hydrogen-bond acceptors (Lipinski definition) is 14. The van der Waals surface area contributed by atoms with Crippen molar-refractivity contribution in [1.82, 2.24) is 0 Å². The molecule has 0 spiro atoms. The summed E-state index contributed by atoms with van der Waals surface area (Å²) in [5.41, 5.74) is -3.00. The van der Waals surface area contributed by atoms with Crippen LogP contribution in [0.2, 0.25) is 0 Å². The van der Waals surface area contributed by atoms with Gasteiger partial charge in [0.25, 0.3) is 12.2 Å². The van der Waals surface area contributed by atoms with Gasteiger partial charge in [0.05, 0.1) is 33.0 Å². The van der Waals surface area contributed by atoms with Crippen LogP contribution in [0.4, 0.5) is 92.2 Å². The maximum atomic E-state index is 12.4. The molecule has 0 saturated heterocycles. The van der Waals surface area contributed by atoms with E-state index in [2.05, 4.69) is 126 Å². The molecule has 0 radical (unpaired) electrons. The van der Waals surface area contributed by atoms with E-state index in [-0.39, 0.29) is 69.7 Å². The fourth-order valence-electron chi connectivity index (χ4n) is 13.9. The molecule has 7 rings (SSSR count). The van der Waals surface area contributed by atoms with Crippen molar-refractivity contribution in [3.63, 3.8) is 0 Å². The zero-order valence-electron chi connectivity index (χ0n) is 82.3. The lowest BCUT2D eigenvalue weighted by atomic mass is 9.54. The Bertz CT molecular complexity index is 3490. The van der Waals surface area contributed by atoms with Crippen LogP contribution >= 0.6 is 0 Å². The molecule has 130 heavy (non-hydrogen) atoms. The standard InChI is InChI=1S/C16H26O2.2C16H30O2.C14H22.C9H12F6O2.2C8H10F6O2.C8H13F3O2/c1-4-15(2,3)14(17)18-16-8-11-5-12(9-16)7-13(6-11)10-16;1-7-16(5,6)14(17)18-13-10-8-12(9-11-13)15(2,3)4;1-7-15(3,4)14(17)18-16(5,6)13-10-8-12(2)9-11-13;1-6-11(2)12-7-9-13(10-8-12)14(3,4)5;1-4-7(2,3)6(16)17-5(8(10,11)12)9(13,14)15;1-3-6(2,8(12,13)14)5(15)16-4-7(9,10)11;1-3-4(2)5(15)16-6(7(9,10)11)8(12,13)14;1-4-7(2,3)6(12)13-5-8(9,10)11/h11-13H,4-10H2,1-3H3;2*12-13H,7-11H2,1-6H3;7-11H,6H2,1-5H3;5H,4H2,1-3H3;3-4H2,1-2H3;4,6H,3H2,1-2H3;4-5H2,1-3H3. The molecule has 764 valence electrons. The zero-order chi connectivity index (χ0) is 103. The van der Waals surface area contributed by atoms with E-state index < -0.39 is 121 Å². The molecule has 0 aliphatic heterocycles. The average Bonchev–Trinajstić information content (AvgIpc) is 0.744. The lowest BCUT2D eigenvalue weighted by molar-refractivity contribution is -0.315. The molecule has 6 aliphatic rings. The highest BCUT2D eigenvalue weighted by Crippen LogP contribution is 2.58.